The van der Waals surface area contributed by atoms with Crippen LogP contribution in [-0.2, 0) is 6.54 Å². The molecule has 2 atom stereocenters. The lowest BCUT2D eigenvalue weighted by Crippen LogP contribution is -2.33. The molecule has 0 aromatic carbocycles. The lowest BCUT2D eigenvalue weighted by Gasteiger charge is -2.26. The van der Waals surface area contributed by atoms with Crippen molar-refractivity contribution in [3.05, 3.63) is 18.2 Å². The fourth-order valence-corrected chi connectivity index (χ4v) is 2.49. The summed E-state index contributed by atoms with van der Waals surface area (Å²) in [5.74, 6) is 0. The zero-order valence-electron chi connectivity index (χ0n) is 9.56. The van der Waals surface area contributed by atoms with Crippen LogP contribution in [0.1, 0.15) is 32.0 Å². The van der Waals surface area contributed by atoms with E-state index < -0.39 is 0 Å². The van der Waals surface area contributed by atoms with Gasteiger partial charge in [-0.1, -0.05) is 6.92 Å². The molecule has 0 aliphatic carbocycles. The first-order valence-electron chi connectivity index (χ1n) is 5.77. The summed E-state index contributed by atoms with van der Waals surface area (Å²) >= 11 is 0. The molecule has 4 heteroatoms. The molecule has 1 saturated heterocycles. The Morgan fingerprint density at radius 1 is 1.47 bits per heavy atom. The fourth-order valence-electron chi connectivity index (χ4n) is 2.49. The highest BCUT2D eigenvalue weighted by Gasteiger charge is 2.33. The van der Waals surface area contributed by atoms with Crippen LogP contribution in [0.25, 0.3) is 0 Å². The first-order valence-corrected chi connectivity index (χ1v) is 5.77. The van der Waals surface area contributed by atoms with Gasteiger partial charge in [0.1, 0.15) is 0 Å². The highest BCUT2D eigenvalue weighted by Crippen LogP contribution is 2.30. The highest BCUT2D eigenvalue weighted by atomic mass is 15.2. The Bertz CT molecular complexity index is 320. The Hall–Kier alpha value is -0.870. The second-order valence-electron chi connectivity index (χ2n) is 4.13. The van der Waals surface area contributed by atoms with Gasteiger partial charge in [0.2, 0.25) is 0 Å². The van der Waals surface area contributed by atoms with Crippen molar-refractivity contribution in [2.75, 3.05) is 13.1 Å². The van der Waals surface area contributed by atoms with Gasteiger partial charge in [-0.05, 0) is 19.9 Å². The molecule has 2 rings (SSSR count). The lowest BCUT2D eigenvalue weighted by atomic mass is 10.1. The molecule has 2 N–H and O–H groups in total. The second kappa shape index (κ2) is 4.33. The van der Waals surface area contributed by atoms with Gasteiger partial charge < -0.3 is 10.3 Å². The van der Waals surface area contributed by atoms with Crippen molar-refractivity contribution in [2.24, 2.45) is 5.73 Å². The summed E-state index contributed by atoms with van der Waals surface area (Å²) in [6, 6.07) is 0.615. The van der Waals surface area contributed by atoms with Crippen molar-refractivity contribution in [3.63, 3.8) is 0 Å². The number of hydrogen-bond acceptors (Lipinski definition) is 3. The Labute approximate surface area is 91.1 Å². The maximum atomic E-state index is 6.18. The smallest absolute Gasteiger partial charge is 0.0948 e. The van der Waals surface area contributed by atoms with Crippen LogP contribution in [0.3, 0.4) is 0 Å². The number of aryl methyl sites for hydroxylation is 1. The number of likely N-dealkylation sites (tertiary alicyclic amines) is 1. The summed E-state index contributed by atoms with van der Waals surface area (Å²) in [6.45, 7) is 7.47. The van der Waals surface area contributed by atoms with Crippen LogP contribution in [0.2, 0.25) is 0 Å². The van der Waals surface area contributed by atoms with Crippen molar-refractivity contribution in [2.45, 2.75) is 38.9 Å². The zero-order chi connectivity index (χ0) is 10.8. The molecule has 0 radical (unpaired) electrons. The first kappa shape index (κ1) is 10.6. The monoisotopic (exact) mass is 208 g/mol. The average molecular weight is 208 g/mol. The predicted molar refractivity (Wildman–Crippen MR) is 60.5 cm³/mol. The van der Waals surface area contributed by atoms with E-state index >= 15 is 0 Å². The number of rotatable bonds is 3. The van der Waals surface area contributed by atoms with Gasteiger partial charge in [-0.2, -0.15) is 0 Å². The van der Waals surface area contributed by atoms with E-state index in [-0.39, 0.29) is 6.04 Å². The van der Waals surface area contributed by atoms with Crippen molar-refractivity contribution in [1.82, 2.24) is 14.5 Å². The van der Waals surface area contributed by atoms with Gasteiger partial charge >= 0.3 is 0 Å². The molecular formula is C11H20N4. The molecule has 1 aliphatic heterocycles. The molecule has 0 saturated carbocycles. The molecule has 1 fully saturated rings. The second-order valence-corrected chi connectivity index (χ2v) is 4.13. The van der Waals surface area contributed by atoms with E-state index in [1.807, 2.05) is 12.5 Å². The summed E-state index contributed by atoms with van der Waals surface area (Å²) in [5, 5.41) is 0. The SMILES string of the molecule is CCN1CCC(N)C1c1cncn1CC. The number of nitrogens with zero attached hydrogens (tertiary/aromatic N) is 3. The maximum absolute atomic E-state index is 6.18. The Morgan fingerprint density at radius 2 is 2.27 bits per heavy atom. The van der Waals surface area contributed by atoms with E-state index in [0.29, 0.717) is 6.04 Å². The molecule has 4 nitrogen and oxygen atoms in total. The van der Waals surface area contributed by atoms with Gasteiger partial charge in [0, 0.05) is 25.3 Å². The third-order valence-corrected chi connectivity index (χ3v) is 3.34. The molecule has 0 bridgehead atoms. The molecule has 0 amide bonds. The van der Waals surface area contributed by atoms with E-state index in [9.17, 15) is 0 Å². The Morgan fingerprint density at radius 3 is 2.93 bits per heavy atom. The minimum absolute atomic E-state index is 0.256. The molecule has 1 aromatic heterocycles. The molecule has 0 spiro atoms. The summed E-state index contributed by atoms with van der Waals surface area (Å²) in [7, 11) is 0. The minimum atomic E-state index is 0.256. The number of imidazole rings is 1. The van der Waals surface area contributed by atoms with Gasteiger partial charge in [0.05, 0.1) is 18.1 Å². The molecule has 84 valence electrons. The van der Waals surface area contributed by atoms with Crippen molar-refractivity contribution >= 4 is 0 Å². The molecule has 1 aliphatic rings. The minimum Gasteiger partial charge on any atom is -0.333 e. The maximum Gasteiger partial charge on any atom is 0.0948 e. The lowest BCUT2D eigenvalue weighted by molar-refractivity contribution is 0.251. The van der Waals surface area contributed by atoms with Crippen LogP contribution in [0.5, 0.6) is 0 Å². The van der Waals surface area contributed by atoms with Crippen molar-refractivity contribution < 1.29 is 0 Å². The van der Waals surface area contributed by atoms with Crippen LogP contribution in [0, 0.1) is 0 Å². The predicted octanol–water partition coefficient (Wildman–Crippen LogP) is 0.997. The molecule has 1 aromatic rings. The number of hydrogen-bond donors (Lipinski definition) is 1. The number of likely N-dealkylation sites (N-methyl/N-ethyl adjacent to an activating group) is 1. The summed E-state index contributed by atoms with van der Waals surface area (Å²) in [6.07, 6.45) is 4.95. The molecule has 2 unspecified atom stereocenters. The van der Waals surface area contributed by atoms with Crippen LogP contribution in [0.15, 0.2) is 12.5 Å². The quantitative estimate of drug-likeness (QED) is 0.806. The van der Waals surface area contributed by atoms with E-state index in [0.717, 1.165) is 26.1 Å². The normalized spacial score (nSPS) is 27.4. The van der Waals surface area contributed by atoms with E-state index in [2.05, 4.69) is 28.3 Å². The summed E-state index contributed by atoms with van der Waals surface area (Å²) < 4.78 is 2.19. The molecule has 15 heavy (non-hydrogen) atoms. The third kappa shape index (κ3) is 1.79. The fraction of sp³-hybridized carbons (Fsp3) is 0.727. The largest absolute Gasteiger partial charge is 0.333 e. The van der Waals surface area contributed by atoms with E-state index in [1.165, 1.54) is 5.69 Å². The first-order chi connectivity index (χ1) is 7.27. The van der Waals surface area contributed by atoms with Crippen LogP contribution in [0.4, 0.5) is 0 Å². The van der Waals surface area contributed by atoms with Gasteiger partial charge in [0.15, 0.2) is 0 Å². The molecule has 2 heterocycles. The van der Waals surface area contributed by atoms with Gasteiger partial charge in [-0.15, -0.1) is 0 Å². The van der Waals surface area contributed by atoms with E-state index in [1.54, 1.807) is 0 Å². The topological polar surface area (TPSA) is 47.1 Å². The zero-order valence-corrected chi connectivity index (χ0v) is 9.56. The van der Waals surface area contributed by atoms with Gasteiger partial charge in [-0.3, -0.25) is 4.90 Å². The van der Waals surface area contributed by atoms with Gasteiger partial charge in [0.25, 0.3) is 0 Å². The standard InChI is InChI=1S/C11H20N4/c1-3-14-6-5-9(12)11(14)10-7-13-8-15(10)4-2/h7-9,11H,3-6,12H2,1-2H3. The van der Waals surface area contributed by atoms with Crippen LogP contribution >= 0.6 is 0 Å². The Balaban J connectivity index is 2.27. The van der Waals surface area contributed by atoms with Crippen LogP contribution < -0.4 is 5.73 Å². The summed E-state index contributed by atoms with van der Waals surface area (Å²) in [4.78, 5) is 6.66. The van der Waals surface area contributed by atoms with Gasteiger partial charge in [-0.25, -0.2) is 4.98 Å². The molecular weight excluding hydrogens is 188 g/mol. The number of aromatic nitrogens is 2. The number of nitrogens with two attached hydrogens (primary N) is 1. The summed E-state index contributed by atoms with van der Waals surface area (Å²) in [5.41, 5.74) is 7.44. The third-order valence-electron chi connectivity index (χ3n) is 3.34. The van der Waals surface area contributed by atoms with Crippen LogP contribution in [-0.4, -0.2) is 33.6 Å². The van der Waals surface area contributed by atoms with Crippen molar-refractivity contribution in [3.8, 4) is 0 Å². The highest BCUT2D eigenvalue weighted by molar-refractivity contribution is 5.11. The van der Waals surface area contributed by atoms with E-state index in [4.69, 9.17) is 5.73 Å². The Kier molecular flexibility index (Phi) is 3.07. The van der Waals surface area contributed by atoms with Crippen molar-refractivity contribution in [1.29, 1.82) is 0 Å². The average Bonchev–Trinajstić information content (AvgIpc) is 2.82.